The van der Waals surface area contributed by atoms with Gasteiger partial charge in [0, 0.05) is 39.5 Å². The summed E-state index contributed by atoms with van der Waals surface area (Å²) in [6.07, 6.45) is 3.68. The Bertz CT molecular complexity index is 255. The largest absolute Gasteiger partial charge is 0.383 e. The molecule has 5 nitrogen and oxygen atoms in total. The van der Waals surface area contributed by atoms with Crippen LogP contribution in [-0.4, -0.2) is 52.0 Å². The smallest absolute Gasteiger partial charge is 0.191 e. The van der Waals surface area contributed by atoms with Crippen LogP contribution in [0.4, 0.5) is 0 Å². The number of nitrogens with one attached hydrogen (secondary N) is 2. The molecule has 1 aliphatic rings. The molecule has 1 fully saturated rings. The highest BCUT2D eigenvalue weighted by atomic mass is 16.5. The van der Waals surface area contributed by atoms with E-state index in [-0.39, 0.29) is 6.04 Å². The highest BCUT2D eigenvalue weighted by molar-refractivity contribution is 5.80. The molecule has 0 heterocycles. The summed E-state index contributed by atoms with van der Waals surface area (Å²) in [7, 11) is 1.71. The van der Waals surface area contributed by atoms with Gasteiger partial charge in [-0.25, -0.2) is 0 Å². The lowest BCUT2D eigenvalue weighted by Gasteiger charge is -2.16. The van der Waals surface area contributed by atoms with Crippen molar-refractivity contribution >= 4 is 5.96 Å². The molecule has 5 heteroatoms. The highest BCUT2D eigenvalue weighted by Crippen LogP contribution is 2.28. The van der Waals surface area contributed by atoms with E-state index in [4.69, 9.17) is 9.47 Å². The van der Waals surface area contributed by atoms with E-state index in [1.54, 1.807) is 7.11 Å². The van der Waals surface area contributed by atoms with Gasteiger partial charge in [0.25, 0.3) is 0 Å². The van der Waals surface area contributed by atoms with E-state index in [0.29, 0.717) is 6.61 Å². The number of methoxy groups -OCH3 is 1. The molecule has 1 unspecified atom stereocenters. The van der Waals surface area contributed by atoms with Gasteiger partial charge in [0.15, 0.2) is 5.96 Å². The van der Waals surface area contributed by atoms with Gasteiger partial charge in [-0.05, 0) is 39.0 Å². The SMILES string of the molecule is CCNC(=NCCCOCC1CC1)NC(C)COC. The molecular weight excluding hydrogens is 242 g/mol. The maximum atomic E-state index is 5.59. The van der Waals surface area contributed by atoms with Gasteiger partial charge in [-0.2, -0.15) is 0 Å². The Morgan fingerprint density at radius 3 is 2.84 bits per heavy atom. The van der Waals surface area contributed by atoms with Crippen LogP contribution in [0.15, 0.2) is 4.99 Å². The zero-order valence-electron chi connectivity index (χ0n) is 12.6. The second kappa shape index (κ2) is 10.0. The lowest BCUT2D eigenvalue weighted by atomic mass is 10.4. The summed E-state index contributed by atoms with van der Waals surface area (Å²) in [5.74, 6) is 1.70. The highest BCUT2D eigenvalue weighted by Gasteiger charge is 2.20. The van der Waals surface area contributed by atoms with Crippen LogP contribution in [0.3, 0.4) is 0 Å². The summed E-state index contributed by atoms with van der Waals surface area (Å²) >= 11 is 0. The summed E-state index contributed by atoms with van der Waals surface area (Å²) in [5, 5.41) is 6.54. The monoisotopic (exact) mass is 271 g/mol. The summed E-state index contributed by atoms with van der Waals surface area (Å²) in [5.41, 5.74) is 0. The topological polar surface area (TPSA) is 54.9 Å². The molecule has 0 aromatic rings. The number of rotatable bonds is 10. The third kappa shape index (κ3) is 8.83. The molecule has 0 bridgehead atoms. The summed E-state index contributed by atoms with van der Waals surface area (Å²) in [6, 6.07) is 0.258. The Morgan fingerprint density at radius 2 is 2.21 bits per heavy atom. The second-order valence-electron chi connectivity index (χ2n) is 5.13. The molecule has 0 aliphatic heterocycles. The zero-order chi connectivity index (χ0) is 13.9. The fourth-order valence-corrected chi connectivity index (χ4v) is 1.74. The Labute approximate surface area is 117 Å². The van der Waals surface area contributed by atoms with Crippen molar-refractivity contribution in [1.82, 2.24) is 10.6 Å². The summed E-state index contributed by atoms with van der Waals surface area (Å²) in [6.45, 7) is 8.23. The minimum Gasteiger partial charge on any atom is -0.383 e. The average molecular weight is 271 g/mol. The molecule has 19 heavy (non-hydrogen) atoms. The molecule has 112 valence electrons. The third-order valence-electron chi connectivity index (χ3n) is 2.91. The molecule has 0 radical (unpaired) electrons. The molecule has 0 amide bonds. The van der Waals surface area contributed by atoms with E-state index in [1.165, 1.54) is 12.8 Å². The van der Waals surface area contributed by atoms with Crippen molar-refractivity contribution in [3.05, 3.63) is 0 Å². The fourth-order valence-electron chi connectivity index (χ4n) is 1.74. The Balaban J connectivity index is 2.11. The number of guanidine groups is 1. The fraction of sp³-hybridized carbons (Fsp3) is 0.929. The maximum absolute atomic E-state index is 5.59. The maximum Gasteiger partial charge on any atom is 0.191 e. The molecule has 0 aromatic heterocycles. The standard InChI is InChI=1S/C14H29N3O2/c1-4-15-14(17-12(2)10-18-3)16-8-5-9-19-11-13-6-7-13/h12-13H,4-11H2,1-3H3,(H2,15,16,17). The van der Waals surface area contributed by atoms with E-state index >= 15 is 0 Å². The van der Waals surface area contributed by atoms with Gasteiger partial charge in [0.2, 0.25) is 0 Å². The Hall–Kier alpha value is -0.810. The predicted octanol–water partition coefficient (Wildman–Crippen LogP) is 1.39. The van der Waals surface area contributed by atoms with Gasteiger partial charge in [-0.3, -0.25) is 4.99 Å². The predicted molar refractivity (Wildman–Crippen MR) is 78.6 cm³/mol. The molecule has 0 saturated heterocycles. The Morgan fingerprint density at radius 1 is 1.42 bits per heavy atom. The van der Waals surface area contributed by atoms with E-state index in [9.17, 15) is 0 Å². The molecule has 1 atom stereocenters. The number of ether oxygens (including phenoxy) is 2. The third-order valence-corrected chi connectivity index (χ3v) is 2.91. The van der Waals surface area contributed by atoms with Crippen LogP contribution >= 0.6 is 0 Å². The quantitative estimate of drug-likeness (QED) is 0.358. The van der Waals surface area contributed by atoms with Crippen LogP contribution in [0.2, 0.25) is 0 Å². The van der Waals surface area contributed by atoms with Gasteiger partial charge >= 0.3 is 0 Å². The van der Waals surface area contributed by atoms with Gasteiger partial charge in [-0.1, -0.05) is 0 Å². The van der Waals surface area contributed by atoms with Crippen molar-refractivity contribution in [1.29, 1.82) is 0 Å². The van der Waals surface area contributed by atoms with E-state index < -0.39 is 0 Å². The first-order valence-corrected chi connectivity index (χ1v) is 7.37. The van der Waals surface area contributed by atoms with Crippen LogP contribution in [0.25, 0.3) is 0 Å². The minimum atomic E-state index is 0.258. The first kappa shape index (κ1) is 16.2. The van der Waals surface area contributed by atoms with Crippen molar-refractivity contribution in [3.8, 4) is 0 Å². The second-order valence-corrected chi connectivity index (χ2v) is 5.13. The van der Waals surface area contributed by atoms with Gasteiger partial charge in [-0.15, -0.1) is 0 Å². The van der Waals surface area contributed by atoms with Gasteiger partial charge in [0.1, 0.15) is 0 Å². The number of nitrogens with zero attached hydrogens (tertiary/aromatic N) is 1. The van der Waals surface area contributed by atoms with Gasteiger partial charge in [0.05, 0.1) is 6.61 Å². The minimum absolute atomic E-state index is 0.258. The Kier molecular flexibility index (Phi) is 8.58. The number of hydrogen-bond acceptors (Lipinski definition) is 3. The molecule has 1 saturated carbocycles. The van der Waals surface area contributed by atoms with Crippen LogP contribution in [-0.2, 0) is 9.47 Å². The average Bonchev–Trinajstić information content (AvgIpc) is 3.18. The van der Waals surface area contributed by atoms with Crippen molar-refractivity contribution < 1.29 is 9.47 Å². The first-order chi connectivity index (χ1) is 9.26. The van der Waals surface area contributed by atoms with Crippen LogP contribution in [0.1, 0.15) is 33.1 Å². The summed E-state index contributed by atoms with van der Waals surface area (Å²) in [4.78, 5) is 4.53. The van der Waals surface area contributed by atoms with Crippen molar-refractivity contribution in [3.63, 3.8) is 0 Å². The molecule has 2 N–H and O–H groups in total. The van der Waals surface area contributed by atoms with E-state index in [1.807, 2.05) is 0 Å². The van der Waals surface area contributed by atoms with Crippen molar-refractivity contribution in [2.45, 2.75) is 39.2 Å². The number of hydrogen-bond donors (Lipinski definition) is 2. The molecule has 1 aliphatic carbocycles. The first-order valence-electron chi connectivity index (χ1n) is 7.37. The lowest BCUT2D eigenvalue weighted by molar-refractivity contribution is 0.123. The summed E-state index contributed by atoms with van der Waals surface area (Å²) < 4.78 is 10.7. The van der Waals surface area contributed by atoms with Crippen LogP contribution in [0, 0.1) is 5.92 Å². The van der Waals surface area contributed by atoms with E-state index in [2.05, 4.69) is 29.5 Å². The van der Waals surface area contributed by atoms with Crippen LogP contribution in [0.5, 0.6) is 0 Å². The van der Waals surface area contributed by atoms with E-state index in [0.717, 1.165) is 44.6 Å². The van der Waals surface area contributed by atoms with Gasteiger partial charge < -0.3 is 20.1 Å². The molecule has 1 rings (SSSR count). The molecular formula is C14H29N3O2. The molecule has 0 spiro atoms. The lowest BCUT2D eigenvalue weighted by Crippen LogP contribution is -2.44. The van der Waals surface area contributed by atoms with Crippen LogP contribution < -0.4 is 10.6 Å². The molecule has 0 aromatic carbocycles. The van der Waals surface area contributed by atoms with Crippen molar-refractivity contribution in [2.24, 2.45) is 10.9 Å². The normalized spacial score (nSPS) is 17.3. The zero-order valence-corrected chi connectivity index (χ0v) is 12.6. The van der Waals surface area contributed by atoms with Crippen molar-refractivity contribution in [2.75, 3.05) is 40.0 Å². The number of aliphatic imine (C=N–C) groups is 1.